The number of aryl methyl sites for hydroxylation is 1. The fraction of sp³-hybridized carbons (Fsp3) is 0.158. The lowest BCUT2D eigenvalue weighted by Crippen LogP contribution is -2.45. The molecule has 1 aliphatic rings. The number of non-ortho nitro benzene ring substituents is 1. The zero-order valence-electron chi connectivity index (χ0n) is 15.1. The molecule has 3 rings (SSSR count). The lowest BCUT2D eigenvalue weighted by Gasteiger charge is -2.30. The van der Waals surface area contributed by atoms with E-state index in [4.69, 9.17) is 23.8 Å². The van der Waals surface area contributed by atoms with E-state index in [0.717, 1.165) is 5.56 Å². The van der Waals surface area contributed by atoms with Gasteiger partial charge in [-0.15, -0.1) is 0 Å². The van der Waals surface area contributed by atoms with Crippen LogP contribution in [0.2, 0.25) is 5.02 Å². The first kappa shape index (κ1) is 19.8. The van der Waals surface area contributed by atoms with E-state index >= 15 is 0 Å². The molecule has 144 valence electrons. The van der Waals surface area contributed by atoms with Gasteiger partial charge in [-0.2, -0.15) is 0 Å². The molecule has 1 aliphatic heterocycles. The molecule has 2 aromatic carbocycles. The number of allylic oxidation sites excluding steroid dienone is 1. The summed E-state index contributed by atoms with van der Waals surface area (Å²) < 4.78 is 0. The van der Waals surface area contributed by atoms with Gasteiger partial charge in [-0.05, 0) is 61.5 Å². The summed E-state index contributed by atoms with van der Waals surface area (Å²) in [6.07, 6.45) is 0. The zero-order valence-corrected chi connectivity index (χ0v) is 16.6. The molecular formula is C19H17ClN4O3S. The molecule has 0 saturated carbocycles. The van der Waals surface area contributed by atoms with Crippen molar-refractivity contribution < 1.29 is 9.72 Å². The standard InChI is InChI=1S/C19H17ClN4O3S/c1-10-3-6-13(9-15(10)20)22-18(25)16-11(2)21-19(28)23-17(16)12-4-7-14(8-5-12)24(26)27/h3-9,17H,1-2H3,(H,22,25)(H2,21,23,28)/t17-/m0/s1. The average Bonchev–Trinajstić information content (AvgIpc) is 2.64. The highest BCUT2D eigenvalue weighted by atomic mass is 35.5. The summed E-state index contributed by atoms with van der Waals surface area (Å²) in [5.74, 6) is -0.330. The number of benzene rings is 2. The van der Waals surface area contributed by atoms with Crippen molar-refractivity contribution in [3.63, 3.8) is 0 Å². The van der Waals surface area contributed by atoms with Crippen LogP contribution in [0.25, 0.3) is 0 Å². The molecule has 0 spiro atoms. The normalized spacial score (nSPS) is 16.2. The van der Waals surface area contributed by atoms with Crippen molar-refractivity contribution in [2.75, 3.05) is 5.32 Å². The van der Waals surface area contributed by atoms with Gasteiger partial charge in [0.05, 0.1) is 16.5 Å². The van der Waals surface area contributed by atoms with Crippen LogP contribution in [-0.4, -0.2) is 15.9 Å². The summed E-state index contributed by atoms with van der Waals surface area (Å²) in [6, 6.07) is 10.7. The van der Waals surface area contributed by atoms with Crippen LogP contribution in [0.3, 0.4) is 0 Å². The van der Waals surface area contributed by atoms with Crippen LogP contribution in [0.1, 0.15) is 24.1 Å². The van der Waals surface area contributed by atoms with Gasteiger partial charge in [0.1, 0.15) is 0 Å². The third kappa shape index (κ3) is 4.13. The first-order chi connectivity index (χ1) is 13.3. The summed E-state index contributed by atoms with van der Waals surface area (Å²) in [6.45, 7) is 3.63. The van der Waals surface area contributed by atoms with Crippen molar-refractivity contribution in [2.45, 2.75) is 19.9 Å². The smallest absolute Gasteiger partial charge is 0.269 e. The molecular weight excluding hydrogens is 400 g/mol. The Morgan fingerprint density at radius 1 is 1.21 bits per heavy atom. The molecule has 1 atom stereocenters. The number of rotatable bonds is 4. The van der Waals surface area contributed by atoms with Crippen molar-refractivity contribution >= 4 is 46.2 Å². The van der Waals surface area contributed by atoms with Gasteiger partial charge < -0.3 is 16.0 Å². The summed E-state index contributed by atoms with van der Waals surface area (Å²) >= 11 is 11.3. The molecule has 0 aliphatic carbocycles. The average molecular weight is 417 g/mol. The monoisotopic (exact) mass is 416 g/mol. The number of carbonyl (C=O) groups is 1. The predicted molar refractivity (Wildman–Crippen MR) is 112 cm³/mol. The van der Waals surface area contributed by atoms with Gasteiger partial charge in [0.15, 0.2) is 5.11 Å². The highest BCUT2D eigenvalue weighted by Crippen LogP contribution is 2.29. The Balaban J connectivity index is 1.93. The maximum Gasteiger partial charge on any atom is 0.269 e. The predicted octanol–water partition coefficient (Wildman–Crippen LogP) is 3.99. The summed E-state index contributed by atoms with van der Waals surface area (Å²) in [7, 11) is 0. The number of thiocarbonyl (C=S) groups is 1. The molecule has 0 saturated heterocycles. The third-order valence-electron chi connectivity index (χ3n) is 4.38. The number of carbonyl (C=O) groups excluding carboxylic acids is 1. The number of nitro benzene ring substituents is 1. The van der Waals surface area contributed by atoms with Gasteiger partial charge in [-0.25, -0.2) is 0 Å². The highest BCUT2D eigenvalue weighted by molar-refractivity contribution is 7.80. The van der Waals surface area contributed by atoms with Crippen LogP contribution in [-0.2, 0) is 4.79 Å². The quantitative estimate of drug-likeness (QED) is 0.396. The van der Waals surface area contributed by atoms with E-state index in [0.29, 0.717) is 32.7 Å². The number of hydrogen-bond acceptors (Lipinski definition) is 4. The summed E-state index contributed by atoms with van der Waals surface area (Å²) in [5, 5.41) is 20.7. The minimum absolute atomic E-state index is 0.0266. The molecule has 1 heterocycles. The van der Waals surface area contributed by atoms with Crippen LogP contribution in [0.15, 0.2) is 53.7 Å². The van der Waals surface area contributed by atoms with Gasteiger partial charge >= 0.3 is 0 Å². The molecule has 0 bridgehead atoms. The molecule has 2 aromatic rings. The molecule has 3 N–H and O–H groups in total. The molecule has 7 nitrogen and oxygen atoms in total. The number of nitro groups is 1. The third-order valence-corrected chi connectivity index (χ3v) is 5.01. The van der Waals surface area contributed by atoms with Crippen molar-refractivity contribution in [3.05, 3.63) is 80.0 Å². The Morgan fingerprint density at radius 2 is 1.89 bits per heavy atom. The topological polar surface area (TPSA) is 96.3 Å². The van der Waals surface area contributed by atoms with E-state index in [2.05, 4.69) is 16.0 Å². The maximum atomic E-state index is 13.0. The van der Waals surface area contributed by atoms with Gasteiger partial charge in [0, 0.05) is 28.5 Å². The number of halogens is 1. The zero-order chi connectivity index (χ0) is 20.4. The van der Waals surface area contributed by atoms with Crippen molar-refractivity contribution in [3.8, 4) is 0 Å². The maximum absolute atomic E-state index is 13.0. The molecule has 9 heteroatoms. The van der Waals surface area contributed by atoms with Gasteiger partial charge in [-0.1, -0.05) is 17.7 Å². The molecule has 0 unspecified atom stereocenters. The van der Waals surface area contributed by atoms with Crippen molar-refractivity contribution in [1.29, 1.82) is 0 Å². The fourth-order valence-corrected chi connectivity index (χ4v) is 3.35. The highest BCUT2D eigenvalue weighted by Gasteiger charge is 2.30. The first-order valence-corrected chi connectivity index (χ1v) is 9.15. The fourth-order valence-electron chi connectivity index (χ4n) is 2.90. The lowest BCUT2D eigenvalue weighted by atomic mass is 9.94. The van der Waals surface area contributed by atoms with E-state index < -0.39 is 11.0 Å². The second kappa shape index (κ2) is 7.95. The SMILES string of the molecule is CC1=C(C(=O)Nc2ccc(C)c(Cl)c2)[C@H](c2ccc([N+](=O)[O-])cc2)NC(=S)N1. The van der Waals surface area contributed by atoms with Crippen LogP contribution in [0.5, 0.6) is 0 Å². The molecule has 0 radical (unpaired) electrons. The second-order valence-electron chi connectivity index (χ2n) is 6.34. The van der Waals surface area contributed by atoms with Gasteiger partial charge in [-0.3, -0.25) is 14.9 Å². The Labute approximate surface area is 171 Å². The van der Waals surface area contributed by atoms with E-state index in [1.165, 1.54) is 12.1 Å². The number of amides is 1. The minimum atomic E-state index is -0.546. The van der Waals surface area contributed by atoms with Gasteiger partial charge in [0.2, 0.25) is 0 Å². The Kier molecular flexibility index (Phi) is 5.62. The summed E-state index contributed by atoms with van der Waals surface area (Å²) in [4.78, 5) is 23.4. The van der Waals surface area contributed by atoms with E-state index in [1.54, 1.807) is 31.2 Å². The largest absolute Gasteiger partial charge is 0.351 e. The van der Waals surface area contributed by atoms with Crippen molar-refractivity contribution in [1.82, 2.24) is 10.6 Å². The Hall–Kier alpha value is -2.97. The van der Waals surface area contributed by atoms with E-state index in [1.807, 2.05) is 13.0 Å². The Bertz CT molecular complexity index is 1000. The van der Waals surface area contributed by atoms with E-state index in [-0.39, 0.29) is 11.6 Å². The van der Waals surface area contributed by atoms with Crippen LogP contribution >= 0.6 is 23.8 Å². The molecule has 0 fully saturated rings. The second-order valence-corrected chi connectivity index (χ2v) is 7.15. The first-order valence-electron chi connectivity index (χ1n) is 8.36. The molecule has 0 aromatic heterocycles. The van der Waals surface area contributed by atoms with Crippen LogP contribution < -0.4 is 16.0 Å². The number of nitrogens with zero attached hydrogens (tertiary/aromatic N) is 1. The van der Waals surface area contributed by atoms with Gasteiger partial charge in [0.25, 0.3) is 11.6 Å². The molecule has 28 heavy (non-hydrogen) atoms. The minimum Gasteiger partial charge on any atom is -0.351 e. The van der Waals surface area contributed by atoms with Crippen LogP contribution in [0.4, 0.5) is 11.4 Å². The van der Waals surface area contributed by atoms with Crippen LogP contribution in [0, 0.1) is 17.0 Å². The van der Waals surface area contributed by atoms with Crippen molar-refractivity contribution in [2.24, 2.45) is 0 Å². The lowest BCUT2D eigenvalue weighted by molar-refractivity contribution is -0.384. The number of nitrogens with one attached hydrogen (secondary N) is 3. The Morgan fingerprint density at radius 3 is 2.50 bits per heavy atom. The summed E-state index contributed by atoms with van der Waals surface area (Å²) in [5.41, 5.74) is 3.16. The number of anilines is 1. The molecule has 1 amide bonds. The number of hydrogen-bond donors (Lipinski definition) is 3. The van der Waals surface area contributed by atoms with E-state index in [9.17, 15) is 14.9 Å².